The highest BCUT2D eigenvalue weighted by Gasteiger charge is 2.18. The lowest BCUT2D eigenvalue weighted by Gasteiger charge is -2.26. The molecule has 10 aromatic rings. The molecule has 0 fully saturated rings. The average molecular weight is 747 g/mol. The molecular formula is C54H38N2S. The second-order valence-corrected chi connectivity index (χ2v) is 16.0. The maximum Gasteiger partial charge on any atom is 0.0541 e. The number of benzene rings is 8. The van der Waals surface area contributed by atoms with Crippen LogP contribution in [0.4, 0.5) is 17.1 Å². The molecule has 2 nitrogen and oxygen atoms in total. The monoisotopic (exact) mass is 746 g/mol. The van der Waals surface area contributed by atoms with E-state index in [-0.39, 0.29) is 0 Å². The van der Waals surface area contributed by atoms with Crippen LogP contribution < -0.4 is 4.90 Å². The smallest absolute Gasteiger partial charge is 0.0541 e. The van der Waals surface area contributed by atoms with Crippen molar-refractivity contribution in [2.45, 2.75) is 12.8 Å². The SMILES string of the molecule is C1=Cc2c(sc3cc(N(c4ccc(-c5ccccc5)cc4)c4ccc(-c5cccc(-c6ccc7c(c6)c6ccccc6n7-c6ccccc6)c5)cc4)ccc23)CC1. The highest BCUT2D eigenvalue weighted by molar-refractivity contribution is 7.19. The number of thiophene rings is 1. The Bertz CT molecular complexity index is 3100. The van der Waals surface area contributed by atoms with E-state index in [9.17, 15) is 0 Å². The standard InChI is InChI=1S/C54H38N2S/c1-3-12-37(13-4-1)38-22-27-44(28-23-38)55(46-31-32-49-48-19-8-10-21-53(48)57-54(49)36-46)45-29-24-39(25-30-45)40-14-11-15-41(34-40)42-26-33-52-50(35-42)47-18-7-9-20-51(47)56(52)43-16-5-2-6-17-43/h1-9,11-20,22-36H,10,21H2. The lowest BCUT2D eigenvalue weighted by molar-refractivity contribution is 1.02. The van der Waals surface area contributed by atoms with Crippen molar-refractivity contribution in [3.63, 3.8) is 0 Å². The third kappa shape index (κ3) is 5.96. The van der Waals surface area contributed by atoms with E-state index in [2.05, 4.69) is 216 Å². The van der Waals surface area contributed by atoms with Gasteiger partial charge in [-0.2, -0.15) is 0 Å². The van der Waals surface area contributed by atoms with Crippen LogP contribution in [0.15, 0.2) is 200 Å². The Hall–Kier alpha value is -6.94. The summed E-state index contributed by atoms with van der Waals surface area (Å²) in [6, 6.07) is 70.9. The molecule has 0 saturated heterocycles. The number of anilines is 3. The average Bonchev–Trinajstić information content (AvgIpc) is 3.83. The molecule has 0 N–H and O–H groups in total. The number of aromatic nitrogens is 1. The molecule has 1 aliphatic rings. The number of para-hydroxylation sites is 2. The summed E-state index contributed by atoms with van der Waals surface area (Å²) in [4.78, 5) is 3.89. The molecule has 0 atom stereocenters. The maximum absolute atomic E-state index is 2.39. The van der Waals surface area contributed by atoms with Crippen LogP contribution in [0.5, 0.6) is 0 Å². The molecular weight excluding hydrogens is 709 g/mol. The molecule has 0 bridgehead atoms. The molecule has 0 saturated carbocycles. The van der Waals surface area contributed by atoms with Crippen molar-refractivity contribution in [3.8, 4) is 39.1 Å². The van der Waals surface area contributed by atoms with Crippen molar-refractivity contribution in [1.29, 1.82) is 0 Å². The number of allylic oxidation sites excluding steroid dienone is 1. The fourth-order valence-electron chi connectivity index (χ4n) is 8.65. The zero-order valence-corrected chi connectivity index (χ0v) is 32.2. The van der Waals surface area contributed by atoms with Gasteiger partial charge in [-0.05, 0) is 125 Å². The van der Waals surface area contributed by atoms with E-state index < -0.39 is 0 Å². The van der Waals surface area contributed by atoms with Crippen LogP contribution in [0.1, 0.15) is 16.9 Å². The van der Waals surface area contributed by atoms with E-state index in [1.165, 1.54) is 81.4 Å². The van der Waals surface area contributed by atoms with Crippen molar-refractivity contribution in [2.24, 2.45) is 0 Å². The first kappa shape index (κ1) is 33.4. The largest absolute Gasteiger partial charge is 0.310 e. The molecule has 0 radical (unpaired) electrons. The van der Waals surface area contributed by atoms with Crippen LogP contribution in [0, 0.1) is 0 Å². The lowest BCUT2D eigenvalue weighted by atomic mass is 9.97. The number of nitrogens with zero attached hydrogens (tertiary/aromatic N) is 2. The van der Waals surface area contributed by atoms with Gasteiger partial charge in [0.25, 0.3) is 0 Å². The van der Waals surface area contributed by atoms with E-state index >= 15 is 0 Å². The van der Waals surface area contributed by atoms with Crippen LogP contribution >= 0.6 is 11.3 Å². The Morgan fingerprint density at radius 2 is 1.00 bits per heavy atom. The number of rotatable bonds is 7. The molecule has 0 spiro atoms. The minimum Gasteiger partial charge on any atom is -0.310 e. The molecule has 0 unspecified atom stereocenters. The minimum atomic E-state index is 1.12. The van der Waals surface area contributed by atoms with Crippen molar-refractivity contribution < 1.29 is 0 Å². The second kappa shape index (κ2) is 14.0. The van der Waals surface area contributed by atoms with Crippen molar-refractivity contribution in [2.75, 3.05) is 4.90 Å². The van der Waals surface area contributed by atoms with Crippen LogP contribution in [0.2, 0.25) is 0 Å². The molecule has 3 heteroatoms. The molecule has 2 heterocycles. The van der Waals surface area contributed by atoms with Gasteiger partial charge in [-0.15, -0.1) is 11.3 Å². The Kier molecular flexibility index (Phi) is 8.19. The van der Waals surface area contributed by atoms with Gasteiger partial charge in [-0.1, -0.05) is 133 Å². The van der Waals surface area contributed by atoms with Gasteiger partial charge in [0.15, 0.2) is 0 Å². The van der Waals surface area contributed by atoms with E-state index in [0.29, 0.717) is 0 Å². The zero-order chi connectivity index (χ0) is 37.7. The van der Waals surface area contributed by atoms with Gasteiger partial charge >= 0.3 is 0 Å². The summed E-state index contributed by atoms with van der Waals surface area (Å²) < 4.78 is 3.71. The van der Waals surface area contributed by atoms with E-state index in [1.807, 2.05) is 11.3 Å². The van der Waals surface area contributed by atoms with Crippen LogP contribution in [-0.4, -0.2) is 4.57 Å². The lowest BCUT2D eigenvalue weighted by Crippen LogP contribution is -2.09. The molecule has 57 heavy (non-hydrogen) atoms. The summed E-state index contributed by atoms with van der Waals surface area (Å²) in [6.45, 7) is 0. The minimum absolute atomic E-state index is 1.12. The number of hydrogen-bond donors (Lipinski definition) is 0. The topological polar surface area (TPSA) is 8.17 Å². The molecule has 8 aromatic carbocycles. The molecule has 0 aliphatic heterocycles. The van der Waals surface area contributed by atoms with E-state index in [1.54, 1.807) is 0 Å². The third-order valence-corrected chi connectivity index (χ3v) is 12.7. The normalized spacial score (nSPS) is 12.4. The Morgan fingerprint density at radius 1 is 0.421 bits per heavy atom. The third-order valence-electron chi connectivity index (χ3n) is 11.4. The molecule has 11 rings (SSSR count). The fourth-order valence-corrected chi connectivity index (χ4v) is 9.89. The number of aryl methyl sites for hydroxylation is 1. The van der Waals surface area contributed by atoms with Crippen molar-refractivity contribution in [3.05, 3.63) is 211 Å². The molecule has 270 valence electrons. The van der Waals surface area contributed by atoms with Crippen LogP contribution in [-0.2, 0) is 6.42 Å². The number of hydrogen-bond acceptors (Lipinski definition) is 2. The molecule has 2 aromatic heterocycles. The first-order valence-corrected chi connectivity index (χ1v) is 20.5. The van der Waals surface area contributed by atoms with Crippen LogP contribution in [0.3, 0.4) is 0 Å². The van der Waals surface area contributed by atoms with E-state index in [4.69, 9.17) is 0 Å². The summed E-state index contributed by atoms with van der Waals surface area (Å²) >= 11 is 1.94. The second-order valence-electron chi connectivity index (χ2n) is 14.9. The van der Waals surface area contributed by atoms with Gasteiger partial charge in [0.05, 0.1) is 11.0 Å². The number of fused-ring (bicyclic) bond motifs is 6. The van der Waals surface area contributed by atoms with Gasteiger partial charge in [-0.25, -0.2) is 0 Å². The fraction of sp³-hybridized carbons (Fsp3) is 0.0370. The molecule has 1 aliphatic carbocycles. The van der Waals surface area contributed by atoms with Gasteiger partial charge in [0.2, 0.25) is 0 Å². The Morgan fingerprint density at radius 3 is 1.77 bits per heavy atom. The first-order valence-electron chi connectivity index (χ1n) is 19.7. The van der Waals surface area contributed by atoms with Crippen LogP contribution in [0.25, 0.3) is 77.0 Å². The zero-order valence-electron chi connectivity index (χ0n) is 31.3. The van der Waals surface area contributed by atoms with Gasteiger partial charge < -0.3 is 9.47 Å². The summed E-state index contributed by atoms with van der Waals surface area (Å²) in [6.07, 6.45) is 6.87. The predicted molar refractivity (Wildman–Crippen MR) is 245 cm³/mol. The van der Waals surface area contributed by atoms with Gasteiger partial charge in [-0.3, -0.25) is 0 Å². The van der Waals surface area contributed by atoms with Gasteiger partial charge in [0, 0.05) is 48.5 Å². The van der Waals surface area contributed by atoms with E-state index in [0.717, 1.165) is 29.9 Å². The summed E-state index contributed by atoms with van der Waals surface area (Å²) in [5, 5.41) is 3.88. The summed E-state index contributed by atoms with van der Waals surface area (Å²) in [5.41, 5.74) is 15.7. The highest BCUT2D eigenvalue weighted by Crippen LogP contribution is 2.42. The highest BCUT2D eigenvalue weighted by atomic mass is 32.1. The summed E-state index contributed by atoms with van der Waals surface area (Å²) in [7, 11) is 0. The quantitative estimate of drug-likeness (QED) is 0.158. The maximum atomic E-state index is 2.39. The Labute approximate surface area is 336 Å². The predicted octanol–water partition coefficient (Wildman–Crippen LogP) is 15.4. The summed E-state index contributed by atoms with van der Waals surface area (Å²) in [5.74, 6) is 0. The van der Waals surface area contributed by atoms with Crippen molar-refractivity contribution >= 4 is 66.4 Å². The van der Waals surface area contributed by atoms with Gasteiger partial charge in [0.1, 0.15) is 0 Å². The Balaban J connectivity index is 0.958. The first-order chi connectivity index (χ1) is 28.2. The molecule has 0 amide bonds. The van der Waals surface area contributed by atoms with Crippen molar-refractivity contribution in [1.82, 2.24) is 4.57 Å².